The maximum absolute atomic E-state index is 12.5. The zero-order valence-corrected chi connectivity index (χ0v) is 11.9. The van der Waals surface area contributed by atoms with Gasteiger partial charge in [-0.05, 0) is 43.2 Å². The number of nitrogens with zero attached hydrogens (tertiary/aromatic N) is 4. The summed E-state index contributed by atoms with van der Waals surface area (Å²) in [6.45, 7) is 1.75. The number of rotatable bonds is 4. The van der Waals surface area contributed by atoms with Crippen LogP contribution >= 0.6 is 0 Å². The van der Waals surface area contributed by atoms with Crippen LogP contribution in [-0.2, 0) is 0 Å². The number of nitriles is 1. The summed E-state index contributed by atoms with van der Waals surface area (Å²) in [6.07, 6.45) is 3.64. The van der Waals surface area contributed by atoms with Crippen LogP contribution in [0.2, 0.25) is 0 Å². The molecule has 3 rings (SSSR count). The Balaban J connectivity index is 1.95. The average molecular weight is 294 g/mol. The molecule has 110 valence electrons. The lowest BCUT2D eigenvalue weighted by molar-refractivity contribution is 0.101. The number of carbonyl (C=O) groups is 1. The second-order valence-electron chi connectivity index (χ2n) is 5.00. The van der Waals surface area contributed by atoms with Gasteiger partial charge >= 0.3 is 0 Å². The van der Waals surface area contributed by atoms with Crippen molar-refractivity contribution >= 4 is 11.5 Å². The molecule has 1 fully saturated rings. The summed E-state index contributed by atoms with van der Waals surface area (Å²) < 4.78 is 5.14. The van der Waals surface area contributed by atoms with Crippen molar-refractivity contribution < 1.29 is 9.21 Å². The number of hydrogen-bond donors (Lipinski definition) is 0. The van der Waals surface area contributed by atoms with Gasteiger partial charge in [0.05, 0.1) is 29.1 Å². The van der Waals surface area contributed by atoms with Gasteiger partial charge in [0, 0.05) is 13.1 Å². The van der Waals surface area contributed by atoms with Crippen LogP contribution in [-0.4, -0.2) is 23.9 Å². The molecule has 6 nitrogen and oxygen atoms in total. The molecule has 1 aromatic carbocycles. The Labute approximate surface area is 127 Å². The van der Waals surface area contributed by atoms with E-state index in [0.29, 0.717) is 16.8 Å². The third kappa shape index (κ3) is 2.88. The molecule has 0 unspecified atom stereocenters. The van der Waals surface area contributed by atoms with E-state index in [-0.39, 0.29) is 11.5 Å². The first-order chi connectivity index (χ1) is 10.8. The topological polar surface area (TPSA) is 82.0 Å². The SMILES string of the molecule is N#Cc1ccc(N=NN2CCCC2)c(C(=O)c2ccco2)c1. The highest BCUT2D eigenvalue weighted by Crippen LogP contribution is 2.25. The van der Waals surface area contributed by atoms with Crippen LogP contribution in [0.1, 0.15) is 34.5 Å². The van der Waals surface area contributed by atoms with Crippen molar-refractivity contribution in [3.05, 3.63) is 53.5 Å². The number of ketones is 1. The molecule has 2 aromatic rings. The fraction of sp³-hybridized carbons (Fsp3) is 0.250. The third-order valence-corrected chi connectivity index (χ3v) is 3.48. The smallest absolute Gasteiger partial charge is 0.230 e. The number of benzene rings is 1. The van der Waals surface area contributed by atoms with Gasteiger partial charge in [0.2, 0.25) is 5.78 Å². The number of carbonyl (C=O) groups excluding carboxylic acids is 1. The molecule has 0 radical (unpaired) electrons. The predicted octanol–water partition coefficient (Wildman–Crippen LogP) is 3.48. The maximum atomic E-state index is 12.5. The van der Waals surface area contributed by atoms with E-state index in [2.05, 4.69) is 10.3 Å². The van der Waals surface area contributed by atoms with E-state index in [0.717, 1.165) is 25.9 Å². The monoisotopic (exact) mass is 294 g/mol. The van der Waals surface area contributed by atoms with E-state index in [9.17, 15) is 4.79 Å². The predicted molar refractivity (Wildman–Crippen MR) is 78.6 cm³/mol. The van der Waals surface area contributed by atoms with Crippen molar-refractivity contribution in [2.45, 2.75) is 12.8 Å². The highest BCUT2D eigenvalue weighted by Gasteiger charge is 2.17. The summed E-state index contributed by atoms with van der Waals surface area (Å²) in [5.74, 6) is -0.0924. The van der Waals surface area contributed by atoms with Gasteiger partial charge in [-0.2, -0.15) is 5.26 Å². The Hall–Kier alpha value is -2.94. The second-order valence-corrected chi connectivity index (χ2v) is 5.00. The van der Waals surface area contributed by atoms with Crippen molar-refractivity contribution in [2.75, 3.05) is 13.1 Å². The fourth-order valence-corrected chi connectivity index (χ4v) is 2.32. The molecule has 0 N–H and O–H groups in total. The number of furan rings is 1. The van der Waals surface area contributed by atoms with Crippen LogP contribution in [0.15, 0.2) is 51.3 Å². The Kier molecular flexibility index (Phi) is 3.97. The first-order valence-corrected chi connectivity index (χ1v) is 7.07. The molecular weight excluding hydrogens is 280 g/mol. The highest BCUT2D eigenvalue weighted by atomic mass is 16.3. The lowest BCUT2D eigenvalue weighted by Crippen LogP contribution is -2.09. The van der Waals surface area contributed by atoms with Crippen molar-refractivity contribution in [1.82, 2.24) is 5.01 Å². The van der Waals surface area contributed by atoms with Crippen molar-refractivity contribution in [3.63, 3.8) is 0 Å². The molecule has 0 amide bonds. The van der Waals surface area contributed by atoms with E-state index >= 15 is 0 Å². The van der Waals surface area contributed by atoms with E-state index < -0.39 is 0 Å². The van der Waals surface area contributed by atoms with Crippen molar-refractivity contribution in [1.29, 1.82) is 5.26 Å². The average Bonchev–Trinajstić information content (AvgIpc) is 3.25. The molecule has 1 aliphatic rings. The summed E-state index contributed by atoms with van der Waals surface area (Å²) in [6, 6.07) is 10.0. The van der Waals surface area contributed by atoms with Crippen LogP contribution in [0.3, 0.4) is 0 Å². The molecule has 1 saturated heterocycles. The molecular formula is C16H14N4O2. The quantitative estimate of drug-likeness (QED) is 0.638. The highest BCUT2D eigenvalue weighted by molar-refractivity contribution is 6.10. The molecule has 0 bridgehead atoms. The normalized spacial score (nSPS) is 14.4. The van der Waals surface area contributed by atoms with Crippen LogP contribution in [0, 0.1) is 11.3 Å². The van der Waals surface area contributed by atoms with Crippen LogP contribution < -0.4 is 0 Å². The first-order valence-electron chi connectivity index (χ1n) is 7.07. The Morgan fingerprint density at radius 2 is 2.09 bits per heavy atom. The van der Waals surface area contributed by atoms with Crippen LogP contribution in [0.25, 0.3) is 0 Å². The first kappa shape index (κ1) is 14.0. The molecule has 1 aliphatic heterocycles. The molecule has 22 heavy (non-hydrogen) atoms. The van der Waals surface area contributed by atoms with E-state index in [1.807, 2.05) is 11.1 Å². The Bertz CT molecular complexity index is 738. The molecule has 0 aliphatic carbocycles. The molecule has 0 atom stereocenters. The van der Waals surface area contributed by atoms with E-state index in [1.165, 1.54) is 12.3 Å². The minimum Gasteiger partial charge on any atom is -0.461 e. The summed E-state index contributed by atoms with van der Waals surface area (Å²) in [7, 11) is 0. The molecule has 0 spiro atoms. The van der Waals surface area contributed by atoms with Crippen molar-refractivity contribution in [2.24, 2.45) is 10.3 Å². The van der Waals surface area contributed by atoms with Gasteiger partial charge in [0.15, 0.2) is 5.76 Å². The molecule has 2 heterocycles. The Morgan fingerprint density at radius 1 is 1.27 bits per heavy atom. The largest absolute Gasteiger partial charge is 0.461 e. The van der Waals surface area contributed by atoms with Gasteiger partial charge in [0.1, 0.15) is 0 Å². The van der Waals surface area contributed by atoms with E-state index in [1.54, 1.807) is 24.3 Å². The standard InChI is InChI=1S/C16H14N4O2/c17-11-12-5-6-14(18-19-20-7-1-2-8-20)13(10-12)16(21)15-4-3-9-22-15/h3-6,9-10H,1-2,7-8H2. The van der Waals surface area contributed by atoms with E-state index in [4.69, 9.17) is 9.68 Å². The zero-order valence-electron chi connectivity index (χ0n) is 11.9. The lowest BCUT2D eigenvalue weighted by atomic mass is 10.0. The van der Waals surface area contributed by atoms with Crippen LogP contribution in [0.4, 0.5) is 5.69 Å². The molecule has 0 saturated carbocycles. The third-order valence-electron chi connectivity index (χ3n) is 3.48. The summed E-state index contributed by atoms with van der Waals surface area (Å²) in [4.78, 5) is 12.5. The molecule has 1 aromatic heterocycles. The van der Waals surface area contributed by atoms with Gasteiger partial charge in [-0.3, -0.25) is 9.80 Å². The summed E-state index contributed by atoms with van der Waals surface area (Å²) in [5.41, 5.74) is 1.15. The minimum absolute atomic E-state index is 0.215. The number of hydrogen-bond acceptors (Lipinski definition) is 5. The minimum atomic E-state index is -0.308. The summed E-state index contributed by atoms with van der Waals surface area (Å²) in [5, 5.41) is 19.2. The van der Waals surface area contributed by atoms with Crippen LogP contribution in [0.5, 0.6) is 0 Å². The van der Waals surface area contributed by atoms with Crippen molar-refractivity contribution in [3.8, 4) is 6.07 Å². The second kappa shape index (κ2) is 6.22. The maximum Gasteiger partial charge on any atom is 0.230 e. The van der Waals surface area contributed by atoms with Gasteiger partial charge < -0.3 is 4.42 Å². The van der Waals surface area contributed by atoms with Gasteiger partial charge in [-0.15, -0.1) is 5.11 Å². The Morgan fingerprint density at radius 3 is 2.77 bits per heavy atom. The lowest BCUT2D eigenvalue weighted by Gasteiger charge is -2.08. The fourth-order valence-electron chi connectivity index (χ4n) is 2.32. The zero-order chi connectivity index (χ0) is 15.4. The summed E-state index contributed by atoms with van der Waals surface area (Å²) >= 11 is 0. The van der Waals surface area contributed by atoms with Gasteiger partial charge in [-0.1, -0.05) is 5.22 Å². The van der Waals surface area contributed by atoms with Gasteiger partial charge in [0.25, 0.3) is 0 Å². The molecule has 6 heteroatoms. The van der Waals surface area contributed by atoms with Gasteiger partial charge in [-0.25, -0.2) is 0 Å².